The number of hydrogen-bond acceptors (Lipinski definition) is 4. The van der Waals surface area contributed by atoms with Gasteiger partial charge in [0.1, 0.15) is 30.2 Å². The lowest BCUT2D eigenvalue weighted by molar-refractivity contribution is 0.0947. The van der Waals surface area contributed by atoms with Crippen molar-refractivity contribution in [2.45, 2.75) is 24.4 Å². The average molecular weight is 158 g/mol. The highest BCUT2D eigenvalue weighted by atomic mass is 16.6. The molecule has 1 fully saturated rings. The number of aliphatic hydroxyl groups is 2. The van der Waals surface area contributed by atoms with Crippen LogP contribution in [0.25, 0.3) is 0 Å². The highest BCUT2D eigenvalue weighted by Gasteiger charge is 2.53. The van der Waals surface area contributed by atoms with Gasteiger partial charge in [-0.2, -0.15) is 0 Å². The van der Waals surface area contributed by atoms with E-state index < -0.39 is 12.2 Å². The van der Waals surface area contributed by atoms with Crippen molar-refractivity contribution < 1.29 is 19.7 Å². The van der Waals surface area contributed by atoms with E-state index in [1.807, 2.05) is 0 Å². The Balaban J connectivity index is 2.18. The first kappa shape index (κ1) is 7.09. The third-order valence-corrected chi connectivity index (χ3v) is 2.07. The van der Waals surface area contributed by atoms with Gasteiger partial charge in [-0.3, -0.25) is 0 Å². The Hall–Kier alpha value is -0.580. The number of ether oxygens (including phenoxy) is 2. The van der Waals surface area contributed by atoms with Crippen LogP contribution in [0.15, 0.2) is 11.8 Å². The molecule has 2 aliphatic rings. The molecule has 62 valence electrons. The smallest absolute Gasteiger partial charge is 0.139 e. The molecule has 1 aliphatic heterocycles. The summed E-state index contributed by atoms with van der Waals surface area (Å²) in [7, 11) is 1.46. The van der Waals surface area contributed by atoms with Crippen molar-refractivity contribution in [1.29, 1.82) is 0 Å². The summed E-state index contributed by atoms with van der Waals surface area (Å²) in [6.45, 7) is 0. The van der Waals surface area contributed by atoms with E-state index in [1.165, 1.54) is 13.2 Å². The molecule has 0 spiro atoms. The molecular weight excluding hydrogens is 148 g/mol. The first-order valence-corrected chi connectivity index (χ1v) is 3.51. The molecule has 2 rings (SSSR count). The Labute approximate surface area is 64.0 Å². The molecule has 1 saturated heterocycles. The number of rotatable bonds is 1. The van der Waals surface area contributed by atoms with Crippen LogP contribution in [-0.4, -0.2) is 41.7 Å². The van der Waals surface area contributed by atoms with Crippen molar-refractivity contribution in [2.75, 3.05) is 7.11 Å². The van der Waals surface area contributed by atoms with Gasteiger partial charge in [0, 0.05) is 0 Å². The molecule has 1 aliphatic carbocycles. The first-order chi connectivity index (χ1) is 5.24. The Kier molecular flexibility index (Phi) is 1.42. The van der Waals surface area contributed by atoms with Crippen LogP contribution < -0.4 is 0 Å². The number of methoxy groups -OCH3 is 1. The molecule has 0 amide bonds. The molecule has 4 unspecified atom stereocenters. The molecule has 0 aromatic carbocycles. The molecule has 0 bridgehead atoms. The Morgan fingerprint density at radius 2 is 2.18 bits per heavy atom. The normalized spacial score (nSPS) is 47.7. The SMILES string of the molecule is COC1=CC(O)C2OC2C1O. The van der Waals surface area contributed by atoms with Crippen LogP contribution in [-0.2, 0) is 9.47 Å². The van der Waals surface area contributed by atoms with E-state index in [9.17, 15) is 10.2 Å². The molecule has 2 N–H and O–H groups in total. The molecule has 0 saturated carbocycles. The minimum atomic E-state index is -0.701. The molecule has 4 heteroatoms. The lowest BCUT2D eigenvalue weighted by Gasteiger charge is -2.17. The van der Waals surface area contributed by atoms with Crippen LogP contribution in [0.3, 0.4) is 0 Å². The third kappa shape index (κ3) is 0.946. The third-order valence-electron chi connectivity index (χ3n) is 2.07. The summed E-state index contributed by atoms with van der Waals surface area (Å²) >= 11 is 0. The van der Waals surface area contributed by atoms with Gasteiger partial charge in [0.25, 0.3) is 0 Å². The van der Waals surface area contributed by atoms with Crippen molar-refractivity contribution in [2.24, 2.45) is 0 Å². The maximum absolute atomic E-state index is 9.37. The van der Waals surface area contributed by atoms with Crippen LogP contribution in [0.5, 0.6) is 0 Å². The van der Waals surface area contributed by atoms with Gasteiger partial charge >= 0.3 is 0 Å². The van der Waals surface area contributed by atoms with E-state index in [0.717, 1.165) is 0 Å². The largest absolute Gasteiger partial charge is 0.498 e. The maximum atomic E-state index is 9.37. The second kappa shape index (κ2) is 2.20. The minimum Gasteiger partial charge on any atom is -0.498 e. The predicted molar refractivity (Wildman–Crippen MR) is 35.8 cm³/mol. The second-order valence-corrected chi connectivity index (χ2v) is 2.77. The van der Waals surface area contributed by atoms with Crippen molar-refractivity contribution >= 4 is 0 Å². The summed E-state index contributed by atoms with van der Waals surface area (Å²) in [6, 6.07) is 0. The van der Waals surface area contributed by atoms with E-state index in [0.29, 0.717) is 5.76 Å². The topological polar surface area (TPSA) is 62.2 Å². The van der Waals surface area contributed by atoms with Crippen LogP contribution in [0.4, 0.5) is 0 Å². The summed E-state index contributed by atoms with van der Waals surface area (Å²) in [4.78, 5) is 0. The number of epoxide rings is 1. The van der Waals surface area contributed by atoms with E-state index >= 15 is 0 Å². The summed E-state index contributed by atoms with van der Waals surface area (Å²) in [5.41, 5.74) is 0. The van der Waals surface area contributed by atoms with E-state index in [2.05, 4.69) is 0 Å². The van der Waals surface area contributed by atoms with Crippen molar-refractivity contribution in [3.63, 3.8) is 0 Å². The Morgan fingerprint density at radius 3 is 2.82 bits per heavy atom. The fourth-order valence-corrected chi connectivity index (χ4v) is 1.38. The van der Waals surface area contributed by atoms with Crippen molar-refractivity contribution in [3.05, 3.63) is 11.8 Å². The van der Waals surface area contributed by atoms with Crippen LogP contribution >= 0.6 is 0 Å². The summed E-state index contributed by atoms with van der Waals surface area (Å²) < 4.78 is 9.84. The second-order valence-electron chi connectivity index (χ2n) is 2.77. The summed E-state index contributed by atoms with van der Waals surface area (Å²) in [5, 5.41) is 18.6. The van der Waals surface area contributed by atoms with Gasteiger partial charge in [-0.15, -0.1) is 0 Å². The average Bonchev–Trinajstić information content (AvgIpc) is 2.75. The van der Waals surface area contributed by atoms with Gasteiger partial charge in [0.15, 0.2) is 0 Å². The fourth-order valence-electron chi connectivity index (χ4n) is 1.38. The molecule has 4 atom stereocenters. The quantitative estimate of drug-likeness (QED) is 0.481. The van der Waals surface area contributed by atoms with Crippen LogP contribution in [0.2, 0.25) is 0 Å². The van der Waals surface area contributed by atoms with Gasteiger partial charge in [0.2, 0.25) is 0 Å². The molecule has 0 aromatic heterocycles. The zero-order valence-corrected chi connectivity index (χ0v) is 6.10. The van der Waals surface area contributed by atoms with Crippen molar-refractivity contribution in [3.8, 4) is 0 Å². The zero-order valence-electron chi connectivity index (χ0n) is 6.10. The number of fused-ring (bicyclic) bond motifs is 1. The molecular formula is C7H10O4. The molecule has 0 radical (unpaired) electrons. The Morgan fingerprint density at radius 1 is 1.45 bits per heavy atom. The van der Waals surface area contributed by atoms with Gasteiger partial charge in [-0.1, -0.05) is 0 Å². The van der Waals surface area contributed by atoms with Crippen LogP contribution in [0.1, 0.15) is 0 Å². The first-order valence-electron chi connectivity index (χ1n) is 3.51. The standard InChI is InChI=1S/C7H10O4/c1-10-4-2-3(8)6-7(11-6)5(4)9/h2-3,5-9H,1H3. The summed E-state index contributed by atoms with van der Waals surface area (Å²) in [5.74, 6) is 0.399. The lowest BCUT2D eigenvalue weighted by Crippen LogP contribution is -2.31. The highest BCUT2D eigenvalue weighted by molar-refractivity contribution is 5.20. The van der Waals surface area contributed by atoms with E-state index in [1.54, 1.807) is 0 Å². The molecule has 1 heterocycles. The Bertz CT molecular complexity index is 201. The van der Waals surface area contributed by atoms with Crippen molar-refractivity contribution in [1.82, 2.24) is 0 Å². The molecule has 4 nitrogen and oxygen atoms in total. The van der Waals surface area contributed by atoms with Gasteiger partial charge < -0.3 is 19.7 Å². The molecule has 11 heavy (non-hydrogen) atoms. The number of hydrogen-bond donors (Lipinski definition) is 2. The predicted octanol–water partition coefficient (Wildman–Crippen LogP) is -0.981. The highest BCUT2D eigenvalue weighted by Crippen LogP contribution is 2.36. The van der Waals surface area contributed by atoms with E-state index in [4.69, 9.17) is 9.47 Å². The monoisotopic (exact) mass is 158 g/mol. The summed E-state index contributed by atoms with van der Waals surface area (Å²) in [6.07, 6.45) is -0.320. The van der Waals surface area contributed by atoms with Gasteiger partial charge in [-0.25, -0.2) is 0 Å². The fraction of sp³-hybridized carbons (Fsp3) is 0.714. The molecule has 0 aromatic rings. The minimum absolute atomic E-state index is 0.219. The number of aliphatic hydroxyl groups excluding tert-OH is 2. The zero-order chi connectivity index (χ0) is 8.01. The van der Waals surface area contributed by atoms with Crippen LogP contribution in [0, 0.1) is 0 Å². The van der Waals surface area contributed by atoms with E-state index in [-0.39, 0.29) is 12.2 Å². The lowest BCUT2D eigenvalue weighted by atomic mass is 10.0. The maximum Gasteiger partial charge on any atom is 0.139 e. The van der Waals surface area contributed by atoms with Gasteiger partial charge in [-0.05, 0) is 6.08 Å². The van der Waals surface area contributed by atoms with Gasteiger partial charge in [0.05, 0.1) is 7.11 Å².